The van der Waals surface area contributed by atoms with Crippen LogP contribution < -0.4 is 5.19 Å². The Bertz CT molecular complexity index is 1610. The molecule has 1 aromatic heterocycles. The van der Waals surface area contributed by atoms with Crippen LogP contribution in [0.15, 0.2) is 158 Å². The van der Waals surface area contributed by atoms with Crippen LogP contribution >= 0.6 is 0 Å². The van der Waals surface area contributed by atoms with Gasteiger partial charge in [0.1, 0.15) is 9.52 Å². The minimum absolute atomic E-state index is 0.0163. The minimum Gasteiger partial charge on any atom is -0.326 e. The molecule has 0 N–H and O–H groups in total. The first-order chi connectivity index (χ1) is 22.1. The number of rotatable bonds is 11. The van der Waals surface area contributed by atoms with Crippen molar-refractivity contribution in [2.45, 2.75) is 50.5 Å². The van der Waals surface area contributed by atoms with E-state index in [1.807, 2.05) is 48.9 Å². The predicted octanol–water partition coefficient (Wildman–Crippen LogP) is 8.51. The largest absolute Gasteiger partial charge is 0.326 e. The summed E-state index contributed by atoms with van der Waals surface area (Å²) in [6.45, 7) is 4.49. The Morgan fingerprint density at radius 2 is 1.13 bits per heavy atom. The second-order valence-corrected chi connectivity index (χ2v) is 12.9. The van der Waals surface area contributed by atoms with Gasteiger partial charge in [0.2, 0.25) is 0 Å². The maximum atomic E-state index is 6.12. The van der Waals surface area contributed by atoms with Gasteiger partial charge >= 0.3 is 0 Å². The summed E-state index contributed by atoms with van der Waals surface area (Å²) in [4.78, 5) is 4.47. The molecule has 6 rings (SSSR count). The molecule has 4 radical (unpaired) electrons. The van der Waals surface area contributed by atoms with Crippen LogP contribution in [0.1, 0.15) is 65.9 Å². The van der Waals surface area contributed by atoms with Gasteiger partial charge < -0.3 is 4.57 Å². The van der Waals surface area contributed by atoms with E-state index in [2.05, 4.69) is 133 Å². The predicted molar refractivity (Wildman–Crippen MR) is 192 cm³/mol. The SMILES string of the molecule is CCCc1cccc(C([Si]c2ccccc2)(c2cccc(CCC)c2)n2ccnc2)c1.[B]C(c1ccccc1)c1ccccc1. The number of hydrogen-bond acceptors (Lipinski definition) is 1. The Labute approximate surface area is 273 Å². The molecule has 222 valence electrons. The van der Waals surface area contributed by atoms with E-state index in [4.69, 9.17) is 7.85 Å². The monoisotopic (exact) mass is 600 g/mol. The second-order valence-electron chi connectivity index (χ2n) is 11.4. The van der Waals surface area contributed by atoms with E-state index in [-0.39, 0.29) is 11.0 Å². The molecule has 5 aromatic carbocycles. The van der Waals surface area contributed by atoms with Crippen molar-refractivity contribution < 1.29 is 0 Å². The van der Waals surface area contributed by atoms with Gasteiger partial charge in [-0.05, 0) is 52.0 Å². The summed E-state index contributed by atoms with van der Waals surface area (Å²) >= 11 is 0. The lowest BCUT2D eigenvalue weighted by molar-refractivity contribution is 0.594. The van der Waals surface area contributed by atoms with E-state index in [9.17, 15) is 0 Å². The summed E-state index contributed by atoms with van der Waals surface area (Å²) in [6, 6.07) is 49.5. The van der Waals surface area contributed by atoms with Crippen LogP contribution in [-0.4, -0.2) is 26.9 Å². The fraction of sp³-hybridized carbons (Fsp3) is 0.195. The van der Waals surface area contributed by atoms with Crippen LogP contribution in [0.2, 0.25) is 0 Å². The average Bonchev–Trinajstić information content (AvgIpc) is 3.65. The van der Waals surface area contributed by atoms with Gasteiger partial charge in [0.25, 0.3) is 0 Å². The van der Waals surface area contributed by atoms with Crippen molar-refractivity contribution in [3.8, 4) is 0 Å². The second kappa shape index (κ2) is 16.1. The van der Waals surface area contributed by atoms with Crippen molar-refractivity contribution in [2.24, 2.45) is 0 Å². The molecule has 0 fully saturated rings. The van der Waals surface area contributed by atoms with Crippen LogP contribution in [0.3, 0.4) is 0 Å². The third-order valence-electron chi connectivity index (χ3n) is 8.07. The molecule has 0 aliphatic rings. The molecule has 0 amide bonds. The van der Waals surface area contributed by atoms with Crippen molar-refractivity contribution in [1.82, 2.24) is 9.55 Å². The highest BCUT2D eigenvalue weighted by atomic mass is 28.2. The lowest BCUT2D eigenvalue weighted by atomic mass is 9.76. The molecule has 4 heteroatoms. The third-order valence-corrected chi connectivity index (χ3v) is 9.89. The van der Waals surface area contributed by atoms with Crippen LogP contribution in [0.4, 0.5) is 0 Å². The first-order valence-corrected chi connectivity index (χ1v) is 17.0. The van der Waals surface area contributed by atoms with Crippen molar-refractivity contribution in [3.63, 3.8) is 0 Å². The highest BCUT2D eigenvalue weighted by Crippen LogP contribution is 2.35. The van der Waals surface area contributed by atoms with E-state index in [0.717, 1.165) is 36.8 Å². The fourth-order valence-corrected chi connectivity index (χ4v) is 7.49. The zero-order valence-corrected chi connectivity index (χ0v) is 27.4. The summed E-state index contributed by atoms with van der Waals surface area (Å²) in [7, 11) is 6.65. The number of aromatic nitrogens is 2. The van der Waals surface area contributed by atoms with E-state index in [1.165, 1.54) is 27.4 Å². The summed E-state index contributed by atoms with van der Waals surface area (Å²) < 4.78 is 2.31. The van der Waals surface area contributed by atoms with Crippen LogP contribution in [0.5, 0.6) is 0 Å². The van der Waals surface area contributed by atoms with Gasteiger partial charge in [-0.25, -0.2) is 4.98 Å². The standard InChI is InChI=1S/C28H30N2Si.C13H11B/c1-3-10-23-12-8-14-25(20-23)28(30-19-18-29-22-30,31-27-16-6-5-7-17-27)26-15-9-13-24(21-26)11-4-2;14-13(11-7-3-1-4-8-11)12-9-5-2-6-10-12/h5-9,12-22H,3-4,10-11H2,1-2H3;1-10,13H. The molecular formula is C41H41BN2Si. The van der Waals surface area contributed by atoms with Crippen LogP contribution in [-0.2, 0) is 18.0 Å². The van der Waals surface area contributed by atoms with E-state index < -0.39 is 0 Å². The highest BCUT2D eigenvalue weighted by molar-refractivity contribution is 6.57. The number of imidazole rings is 1. The Kier molecular flexibility index (Phi) is 11.4. The molecule has 45 heavy (non-hydrogen) atoms. The Hall–Kier alpha value is -4.41. The molecular weight excluding hydrogens is 559 g/mol. The minimum atomic E-state index is -0.328. The zero-order chi connectivity index (χ0) is 31.3. The topological polar surface area (TPSA) is 17.8 Å². The molecule has 0 aliphatic heterocycles. The summed E-state index contributed by atoms with van der Waals surface area (Å²) in [5.41, 5.74) is 7.75. The zero-order valence-electron chi connectivity index (χ0n) is 26.4. The van der Waals surface area contributed by atoms with Crippen molar-refractivity contribution in [2.75, 3.05) is 0 Å². The van der Waals surface area contributed by atoms with Gasteiger partial charge in [-0.2, -0.15) is 0 Å². The average molecular weight is 601 g/mol. The molecule has 0 saturated carbocycles. The van der Waals surface area contributed by atoms with Crippen molar-refractivity contribution in [1.29, 1.82) is 0 Å². The summed E-state index contributed by atoms with van der Waals surface area (Å²) in [5.74, 6) is -0.0163. The molecule has 0 aliphatic carbocycles. The Balaban J connectivity index is 0.000000238. The van der Waals surface area contributed by atoms with Gasteiger partial charge in [-0.1, -0.05) is 171 Å². The van der Waals surface area contributed by atoms with Crippen LogP contribution in [0, 0.1) is 0 Å². The van der Waals surface area contributed by atoms with Gasteiger partial charge in [-0.15, -0.1) is 0 Å². The quantitative estimate of drug-likeness (QED) is 0.136. The molecule has 0 bridgehead atoms. The van der Waals surface area contributed by atoms with Crippen molar-refractivity contribution in [3.05, 3.63) is 192 Å². The summed E-state index contributed by atoms with van der Waals surface area (Å²) in [5, 5.41) is 1.02. The van der Waals surface area contributed by atoms with Gasteiger partial charge in [-0.3, -0.25) is 0 Å². The number of aryl methyl sites for hydroxylation is 2. The van der Waals surface area contributed by atoms with E-state index >= 15 is 0 Å². The first kappa shape index (κ1) is 32.0. The Morgan fingerprint density at radius 3 is 1.58 bits per heavy atom. The third kappa shape index (κ3) is 8.01. The van der Waals surface area contributed by atoms with Crippen molar-refractivity contribution >= 4 is 22.6 Å². The highest BCUT2D eigenvalue weighted by Gasteiger charge is 2.37. The first-order valence-electron chi connectivity index (χ1n) is 16.0. The maximum Gasteiger partial charge on any atom is 0.127 e. The molecule has 6 aromatic rings. The lowest BCUT2D eigenvalue weighted by Crippen LogP contribution is -2.46. The normalized spacial score (nSPS) is 11.2. The van der Waals surface area contributed by atoms with Crippen LogP contribution in [0.25, 0.3) is 0 Å². The smallest absolute Gasteiger partial charge is 0.127 e. The molecule has 2 nitrogen and oxygen atoms in total. The summed E-state index contributed by atoms with van der Waals surface area (Å²) in [6.07, 6.45) is 10.5. The van der Waals surface area contributed by atoms with Gasteiger partial charge in [0.15, 0.2) is 0 Å². The molecule has 0 unspecified atom stereocenters. The molecule has 0 spiro atoms. The maximum absolute atomic E-state index is 6.12. The number of nitrogens with zero attached hydrogens (tertiary/aromatic N) is 2. The van der Waals surface area contributed by atoms with E-state index in [0.29, 0.717) is 9.52 Å². The van der Waals surface area contributed by atoms with Gasteiger partial charge in [0.05, 0.1) is 19.3 Å². The molecule has 0 atom stereocenters. The Morgan fingerprint density at radius 1 is 0.644 bits per heavy atom. The van der Waals surface area contributed by atoms with E-state index in [1.54, 1.807) is 0 Å². The number of hydrogen-bond donors (Lipinski definition) is 0. The molecule has 1 heterocycles. The van der Waals surface area contributed by atoms with Gasteiger partial charge in [0, 0.05) is 12.4 Å². The molecule has 0 saturated heterocycles. The number of benzene rings is 5. The lowest BCUT2D eigenvalue weighted by Gasteiger charge is -2.37. The fourth-order valence-electron chi connectivity index (χ4n) is 5.86.